The van der Waals surface area contributed by atoms with Gasteiger partial charge in [-0.3, -0.25) is 4.98 Å². The van der Waals surface area contributed by atoms with Crippen molar-refractivity contribution < 1.29 is 0 Å². The van der Waals surface area contributed by atoms with Crippen LogP contribution in [0.25, 0.3) is 11.4 Å². The molecule has 0 atom stereocenters. The van der Waals surface area contributed by atoms with E-state index in [0.717, 1.165) is 41.4 Å². The molecule has 0 aliphatic heterocycles. The molecular weight excluding hydrogens is 224 g/mol. The standard InChI is InChI=1S/C14H18N4/c1-4-12-10(3)13(16-5-2)18-14(17-12)11-7-6-8-15-9-11/h6-9H,4-5H2,1-3H3,(H,16,17,18). The Labute approximate surface area is 108 Å². The summed E-state index contributed by atoms with van der Waals surface area (Å²) in [4.78, 5) is 13.3. The number of aryl methyl sites for hydroxylation is 1. The zero-order valence-electron chi connectivity index (χ0n) is 11.1. The molecule has 2 aromatic heterocycles. The first-order valence-corrected chi connectivity index (χ1v) is 6.28. The van der Waals surface area contributed by atoms with Crippen LogP contribution in [0, 0.1) is 6.92 Å². The van der Waals surface area contributed by atoms with Gasteiger partial charge in [0.05, 0.1) is 0 Å². The van der Waals surface area contributed by atoms with E-state index < -0.39 is 0 Å². The molecule has 0 radical (unpaired) electrons. The van der Waals surface area contributed by atoms with Gasteiger partial charge in [0.15, 0.2) is 5.82 Å². The van der Waals surface area contributed by atoms with Crippen LogP contribution in [0.1, 0.15) is 25.1 Å². The third kappa shape index (κ3) is 2.47. The van der Waals surface area contributed by atoms with Crippen LogP contribution in [0.2, 0.25) is 0 Å². The molecule has 0 aliphatic rings. The van der Waals surface area contributed by atoms with Gasteiger partial charge in [-0.25, -0.2) is 9.97 Å². The summed E-state index contributed by atoms with van der Waals surface area (Å²) >= 11 is 0. The van der Waals surface area contributed by atoms with Crippen molar-refractivity contribution in [2.24, 2.45) is 0 Å². The Morgan fingerprint density at radius 2 is 2.06 bits per heavy atom. The van der Waals surface area contributed by atoms with Crippen molar-refractivity contribution in [1.29, 1.82) is 0 Å². The first-order valence-electron chi connectivity index (χ1n) is 6.28. The molecule has 2 rings (SSSR count). The zero-order chi connectivity index (χ0) is 13.0. The molecule has 0 aromatic carbocycles. The first-order chi connectivity index (χ1) is 8.76. The van der Waals surface area contributed by atoms with Crippen LogP contribution < -0.4 is 5.32 Å². The maximum Gasteiger partial charge on any atom is 0.163 e. The number of anilines is 1. The van der Waals surface area contributed by atoms with E-state index in [9.17, 15) is 0 Å². The molecule has 0 unspecified atom stereocenters. The Kier molecular flexibility index (Phi) is 3.87. The molecule has 2 heterocycles. The second kappa shape index (κ2) is 5.58. The molecule has 1 N–H and O–H groups in total. The fourth-order valence-electron chi connectivity index (χ4n) is 1.87. The van der Waals surface area contributed by atoms with Crippen molar-refractivity contribution in [3.63, 3.8) is 0 Å². The molecule has 0 saturated heterocycles. The highest BCUT2D eigenvalue weighted by Gasteiger charge is 2.10. The summed E-state index contributed by atoms with van der Waals surface area (Å²) in [6, 6.07) is 3.88. The number of nitrogens with one attached hydrogen (secondary N) is 1. The third-order valence-corrected chi connectivity index (χ3v) is 2.85. The Morgan fingerprint density at radius 1 is 1.22 bits per heavy atom. The predicted octanol–water partition coefficient (Wildman–Crippen LogP) is 2.84. The minimum atomic E-state index is 0.738. The van der Waals surface area contributed by atoms with Crippen molar-refractivity contribution >= 4 is 5.82 Å². The number of hydrogen-bond acceptors (Lipinski definition) is 4. The smallest absolute Gasteiger partial charge is 0.163 e. The third-order valence-electron chi connectivity index (χ3n) is 2.85. The monoisotopic (exact) mass is 242 g/mol. The second-order valence-electron chi connectivity index (χ2n) is 4.09. The molecule has 0 amide bonds. The highest BCUT2D eigenvalue weighted by atomic mass is 15.0. The lowest BCUT2D eigenvalue weighted by Gasteiger charge is -2.12. The van der Waals surface area contributed by atoms with Crippen molar-refractivity contribution in [3.05, 3.63) is 35.8 Å². The van der Waals surface area contributed by atoms with Crippen LogP contribution in [0.5, 0.6) is 0 Å². The maximum absolute atomic E-state index is 4.61. The van der Waals surface area contributed by atoms with Crippen LogP contribution in [0.15, 0.2) is 24.5 Å². The molecule has 0 saturated carbocycles. The number of hydrogen-bond donors (Lipinski definition) is 1. The minimum Gasteiger partial charge on any atom is -0.370 e. The molecule has 4 nitrogen and oxygen atoms in total. The van der Waals surface area contributed by atoms with E-state index in [1.165, 1.54) is 0 Å². The molecule has 0 fully saturated rings. The normalized spacial score (nSPS) is 10.4. The molecule has 0 spiro atoms. The first kappa shape index (κ1) is 12.5. The highest BCUT2D eigenvalue weighted by Crippen LogP contribution is 2.21. The summed E-state index contributed by atoms with van der Waals surface area (Å²) in [7, 11) is 0. The van der Waals surface area contributed by atoms with Crippen LogP contribution in [-0.2, 0) is 6.42 Å². The average Bonchev–Trinajstić information content (AvgIpc) is 2.42. The lowest BCUT2D eigenvalue weighted by Crippen LogP contribution is -2.07. The summed E-state index contributed by atoms with van der Waals surface area (Å²) in [5.41, 5.74) is 3.16. The fraction of sp³-hybridized carbons (Fsp3) is 0.357. The van der Waals surface area contributed by atoms with Gasteiger partial charge >= 0.3 is 0 Å². The predicted molar refractivity (Wildman–Crippen MR) is 73.5 cm³/mol. The highest BCUT2D eigenvalue weighted by molar-refractivity contribution is 5.58. The van der Waals surface area contributed by atoms with E-state index in [-0.39, 0.29) is 0 Å². The quantitative estimate of drug-likeness (QED) is 0.895. The summed E-state index contributed by atoms with van der Waals surface area (Å²) < 4.78 is 0. The van der Waals surface area contributed by atoms with Crippen LogP contribution in [0.3, 0.4) is 0 Å². The van der Waals surface area contributed by atoms with Gasteiger partial charge in [-0.1, -0.05) is 6.92 Å². The molecule has 0 bridgehead atoms. The van der Waals surface area contributed by atoms with E-state index in [2.05, 4.69) is 41.0 Å². The van der Waals surface area contributed by atoms with Gasteiger partial charge in [0.1, 0.15) is 5.82 Å². The molecule has 18 heavy (non-hydrogen) atoms. The Morgan fingerprint density at radius 3 is 2.67 bits per heavy atom. The Balaban J connectivity index is 2.52. The lowest BCUT2D eigenvalue weighted by molar-refractivity contribution is 0.969. The van der Waals surface area contributed by atoms with Gasteiger partial charge in [0.25, 0.3) is 0 Å². The van der Waals surface area contributed by atoms with E-state index in [1.807, 2.05) is 12.1 Å². The summed E-state index contributed by atoms with van der Waals surface area (Å²) in [6.45, 7) is 7.09. The Hall–Kier alpha value is -1.97. The zero-order valence-corrected chi connectivity index (χ0v) is 11.1. The van der Waals surface area contributed by atoms with Gasteiger partial charge in [0.2, 0.25) is 0 Å². The summed E-state index contributed by atoms with van der Waals surface area (Å²) in [5, 5.41) is 3.29. The van der Waals surface area contributed by atoms with Gasteiger partial charge < -0.3 is 5.32 Å². The van der Waals surface area contributed by atoms with Crippen molar-refractivity contribution in [1.82, 2.24) is 15.0 Å². The lowest BCUT2D eigenvalue weighted by atomic mass is 10.1. The Bertz CT molecular complexity index is 523. The van der Waals surface area contributed by atoms with Crippen LogP contribution in [-0.4, -0.2) is 21.5 Å². The summed E-state index contributed by atoms with van der Waals surface area (Å²) in [5.74, 6) is 1.66. The number of nitrogens with zero attached hydrogens (tertiary/aromatic N) is 3. The topological polar surface area (TPSA) is 50.7 Å². The van der Waals surface area contributed by atoms with Gasteiger partial charge in [-0.05, 0) is 32.4 Å². The van der Waals surface area contributed by atoms with Gasteiger partial charge in [-0.15, -0.1) is 0 Å². The fourth-order valence-corrected chi connectivity index (χ4v) is 1.87. The molecule has 94 valence electrons. The number of pyridine rings is 1. The average molecular weight is 242 g/mol. The van der Waals surface area contributed by atoms with Gasteiger partial charge in [0, 0.05) is 35.8 Å². The van der Waals surface area contributed by atoms with Crippen molar-refractivity contribution in [2.75, 3.05) is 11.9 Å². The maximum atomic E-state index is 4.61. The van der Waals surface area contributed by atoms with Gasteiger partial charge in [-0.2, -0.15) is 0 Å². The number of aromatic nitrogens is 3. The van der Waals surface area contributed by atoms with E-state index in [0.29, 0.717) is 0 Å². The molecule has 0 aliphatic carbocycles. The molecule has 4 heteroatoms. The van der Waals surface area contributed by atoms with Crippen LogP contribution >= 0.6 is 0 Å². The second-order valence-corrected chi connectivity index (χ2v) is 4.09. The van der Waals surface area contributed by atoms with Crippen molar-refractivity contribution in [3.8, 4) is 11.4 Å². The van der Waals surface area contributed by atoms with Crippen molar-refractivity contribution in [2.45, 2.75) is 27.2 Å². The van der Waals surface area contributed by atoms with Crippen LogP contribution in [0.4, 0.5) is 5.82 Å². The largest absolute Gasteiger partial charge is 0.370 e. The SMILES string of the molecule is CCNc1nc(-c2cccnc2)nc(CC)c1C. The van der Waals surface area contributed by atoms with E-state index in [1.54, 1.807) is 12.4 Å². The molecule has 2 aromatic rings. The number of rotatable bonds is 4. The van der Waals surface area contributed by atoms with E-state index >= 15 is 0 Å². The summed E-state index contributed by atoms with van der Waals surface area (Å²) in [6.07, 6.45) is 4.45. The minimum absolute atomic E-state index is 0.738. The molecular formula is C14H18N4. The van der Waals surface area contributed by atoms with E-state index in [4.69, 9.17) is 0 Å².